The largest absolute Gasteiger partial charge is 0.428 e. The number of carbonyl (C=O) groups is 3. The lowest BCUT2D eigenvalue weighted by atomic mass is 10.1. The van der Waals surface area contributed by atoms with Crippen molar-refractivity contribution in [2.45, 2.75) is 59.3 Å². The summed E-state index contributed by atoms with van der Waals surface area (Å²) in [4.78, 5) is 45.8. The lowest BCUT2D eigenvalue weighted by Gasteiger charge is -2.34. The van der Waals surface area contributed by atoms with Gasteiger partial charge in [0.2, 0.25) is 6.79 Å². The predicted octanol–water partition coefficient (Wildman–Crippen LogP) is 5.27. The molecule has 11 nitrogen and oxygen atoms in total. The summed E-state index contributed by atoms with van der Waals surface area (Å²) in [6, 6.07) is 4.67. The Balaban J connectivity index is 1.69. The topological polar surface area (TPSA) is 112 Å². The number of fused-ring (bicyclic) bond motifs is 1. The van der Waals surface area contributed by atoms with Gasteiger partial charge in [0.25, 0.3) is 0 Å². The summed E-state index contributed by atoms with van der Waals surface area (Å²) in [7, 11) is 0. The SMILES string of the molecule is CCCC(=O)OCOC(=O)n1c(-c2cnn(Cc3cccc(C(F)(F)F)c3)c2)nc2c1CN(CCC)C(=O)N2CC. The van der Waals surface area contributed by atoms with Gasteiger partial charge in [0.1, 0.15) is 0 Å². The molecule has 0 unspecified atom stereocenters. The highest BCUT2D eigenvalue weighted by Crippen LogP contribution is 2.34. The highest BCUT2D eigenvalue weighted by molar-refractivity contribution is 5.95. The highest BCUT2D eigenvalue weighted by Gasteiger charge is 2.37. The molecule has 0 bridgehead atoms. The Morgan fingerprint density at radius 3 is 2.56 bits per heavy atom. The van der Waals surface area contributed by atoms with Gasteiger partial charge >= 0.3 is 24.3 Å². The number of anilines is 1. The molecule has 0 aliphatic carbocycles. The van der Waals surface area contributed by atoms with Crippen LogP contribution in [-0.4, -0.2) is 62.2 Å². The molecule has 2 aromatic heterocycles. The fourth-order valence-electron chi connectivity index (χ4n) is 4.51. The molecular formula is C27H31F3N6O5. The molecule has 3 heterocycles. The van der Waals surface area contributed by atoms with Gasteiger partial charge in [-0.3, -0.25) is 14.4 Å². The monoisotopic (exact) mass is 576 g/mol. The zero-order chi connectivity index (χ0) is 29.7. The maximum atomic E-state index is 13.3. The van der Waals surface area contributed by atoms with E-state index in [1.807, 2.05) is 13.8 Å². The molecule has 0 N–H and O–H groups in total. The molecule has 0 saturated heterocycles. The highest BCUT2D eigenvalue weighted by atomic mass is 19.4. The molecule has 0 atom stereocenters. The Hall–Kier alpha value is -4.36. The van der Waals surface area contributed by atoms with Crippen molar-refractivity contribution < 1.29 is 37.0 Å². The summed E-state index contributed by atoms with van der Waals surface area (Å²) in [6.07, 6.45) is -0.937. The maximum Gasteiger partial charge on any atom is 0.423 e. The average Bonchev–Trinajstić information content (AvgIpc) is 3.53. The number of benzene rings is 1. The van der Waals surface area contributed by atoms with E-state index in [1.54, 1.807) is 24.1 Å². The third kappa shape index (κ3) is 6.52. The number of hydrogen-bond acceptors (Lipinski definition) is 7. The van der Waals surface area contributed by atoms with Crippen LogP contribution in [0.3, 0.4) is 0 Å². The van der Waals surface area contributed by atoms with E-state index in [0.717, 1.165) is 12.1 Å². The van der Waals surface area contributed by atoms with Crippen molar-refractivity contribution in [1.82, 2.24) is 24.2 Å². The summed E-state index contributed by atoms with van der Waals surface area (Å²) in [5.74, 6) is -0.105. The minimum absolute atomic E-state index is 0.0337. The Labute approximate surface area is 234 Å². The number of rotatable bonds is 10. The van der Waals surface area contributed by atoms with Crippen molar-refractivity contribution in [3.05, 3.63) is 53.5 Å². The standard InChI is InChI=1S/C27H31F3N6O5/c1-4-8-22(37)40-17-41-26(39)36-21-16-33(11-5-2)25(38)35(6-3)24(21)32-23(36)19-13-31-34(15-19)14-18-9-7-10-20(12-18)27(28,29)30/h7,9-10,12-13,15H,4-6,8,11,14,16-17H2,1-3H3. The van der Waals surface area contributed by atoms with Crippen molar-refractivity contribution in [2.24, 2.45) is 0 Å². The third-order valence-corrected chi connectivity index (χ3v) is 6.39. The fraction of sp³-hybridized carbons (Fsp3) is 0.444. The van der Waals surface area contributed by atoms with Crippen LogP contribution in [0.5, 0.6) is 0 Å². The van der Waals surface area contributed by atoms with E-state index in [2.05, 4.69) is 10.1 Å². The molecule has 2 amide bonds. The number of urea groups is 1. The molecule has 1 aliphatic heterocycles. The first-order chi connectivity index (χ1) is 19.6. The van der Waals surface area contributed by atoms with Gasteiger partial charge in [0.15, 0.2) is 11.6 Å². The van der Waals surface area contributed by atoms with E-state index in [0.29, 0.717) is 42.8 Å². The fourth-order valence-corrected chi connectivity index (χ4v) is 4.51. The molecular weight excluding hydrogens is 545 g/mol. The number of halogens is 3. The summed E-state index contributed by atoms with van der Waals surface area (Å²) < 4.78 is 52.4. The van der Waals surface area contributed by atoms with Gasteiger partial charge < -0.3 is 14.4 Å². The number of imidazole rings is 1. The zero-order valence-corrected chi connectivity index (χ0v) is 23.0. The second-order valence-corrected chi connectivity index (χ2v) is 9.41. The van der Waals surface area contributed by atoms with Crippen molar-refractivity contribution in [1.29, 1.82) is 0 Å². The molecule has 4 rings (SSSR count). The number of hydrogen-bond donors (Lipinski definition) is 0. The van der Waals surface area contributed by atoms with Gasteiger partial charge in [-0.2, -0.15) is 18.3 Å². The molecule has 0 radical (unpaired) electrons. The molecule has 220 valence electrons. The quantitative estimate of drug-likeness (QED) is 0.239. The number of esters is 1. The molecule has 1 aromatic carbocycles. The van der Waals surface area contributed by atoms with Crippen LogP contribution in [-0.2, 0) is 33.5 Å². The maximum absolute atomic E-state index is 13.3. The van der Waals surface area contributed by atoms with Crippen LogP contribution in [0.4, 0.5) is 28.6 Å². The van der Waals surface area contributed by atoms with E-state index in [9.17, 15) is 27.6 Å². The van der Waals surface area contributed by atoms with Crippen LogP contribution < -0.4 is 4.90 Å². The number of carbonyl (C=O) groups excluding carboxylic acids is 3. The summed E-state index contributed by atoms with van der Waals surface area (Å²) >= 11 is 0. The molecule has 3 aromatic rings. The summed E-state index contributed by atoms with van der Waals surface area (Å²) in [6.45, 7) is 5.80. The first-order valence-corrected chi connectivity index (χ1v) is 13.3. The smallest absolute Gasteiger partial charge is 0.423 e. The minimum atomic E-state index is -4.48. The zero-order valence-electron chi connectivity index (χ0n) is 23.0. The number of aromatic nitrogens is 4. The molecule has 0 fully saturated rings. The first kappa shape index (κ1) is 29.6. The van der Waals surface area contributed by atoms with Crippen LogP contribution in [0.25, 0.3) is 11.4 Å². The second kappa shape index (κ2) is 12.4. The van der Waals surface area contributed by atoms with Crippen LogP contribution in [0.1, 0.15) is 56.9 Å². The van der Waals surface area contributed by atoms with Crippen molar-refractivity contribution in [2.75, 3.05) is 24.8 Å². The lowest BCUT2D eigenvalue weighted by molar-refractivity contribution is -0.151. The first-order valence-electron chi connectivity index (χ1n) is 13.3. The van der Waals surface area contributed by atoms with Gasteiger partial charge in [-0.05, 0) is 37.5 Å². The number of alkyl halides is 3. The summed E-state index contributed by atoms with van der Waals surface area (Å²) in [5.41, 5.74) is 0.388. The third-order valence-electron chi connectivity index (χ3n) is 6.39. The molecule has 0 saturated carbocycles. The average molecular weight is 577 g/mol. The minimum Gasteiger partial charge on any atom is -0.428 e. The molecule has 14 heteroatoms. The van der Waals surface area contributed by atoms with E-state index in [1.165, 1.54) is 26.4 Å². The van der Waals surface area contributed by atoms with Crippen molar-refractivity contribution in [3.8, 4) is 11.4 Å². The Bertz CT molecular complexity index is 1420. The summed E-state index contributed by atoms with van der Waals surface area (Å²) in [5, 5.41) is 4.26. The Kier molecular flexibility index (Phi) is 8.98. The van der Waals surface area contributed by atoms with Gasteiger partial charge in [0.05, 0.1) is 36.1 Å². The van der Waals surface area contributed by atoms with Crippen LogP contribution >= 0.6 is 0 Å². The normalized spacial score (nSPS) is 13.4. The number of nitrogens with zero attached hydrogens (tertiary/aromatic N) is 6. The van der Waals surface area contributed by atoms with Crippen molar-refractivity contribution >= 4 is 23.9 Å². The van der Waals surface area contributed by atoms with Crippen molar-refractivity contribution in [3.63, 3.8) is 0 Å². The van der Waals surface area contributed by atoms with Gasteiger partial charge in [-0.15, -0.1) is 0 Å². The predicted molar refractivity (Wildman–Crippen MR) is 141 cm³/mol. The lowest BCUT2D eigenvalue weighted by Crippen LogP contribution is -2.48. The van der Waals surface area contributed by atoms with Crippen LogP contribution in [0, 0.1) is 0 Å². The Morgan fingerprint density at radius 1 is 1.10 bits per heavy atom. The van der Waals surface area contributed by atoms with Gasteiger partial charge in [-0.1, -0.05) is 26.0 Å². The van der Waals surface area contributed by atoms with Crippen LogP contribution in [0.15, 0.2) is 36.7 Å². The Morgan fingerprint density at radius 2 is 1.88 bits per heavy atom. The van der Waals surface area contributed by atoms with Crippen LogP contribution in [0.2, 0.25) is 0 Å². The second-order valence-electron chi connectivity index (χ2n) is 9.41. The molecule has 1 aliphatic rings. The van der Waals surface area contributed by atoms with Gasteiger partial charge in [0, 0.05) is 25.7 Å². The van der Waals surface area contributed by atoms with Gasteiger partial charge in [-0.25, -0.2) is 19.1 Å². The van der Waals surface area contributed by atoms with E-state index < -0.39 is 30.6 Å². The van der Waals surface area contributed by atoms with E-state index >= 15 is 0 Å². The molecule has 41 heavy (non-hydrogen) atoms. The van der Waals surface area contributed by atoms with E-state index in [4.69, 9.17) is 9.47 Å². The van der Waals surface area contributed by atoms with E-state index in [-0.39, 0.29) is 37.2 Å². The number of ether oxygens (including phenoxy) is 2. The number of amides is 2. The molecule has 0 spiro atoms.